The van der Waals surface area contributed by atoms with Gasteiger partial charge in [0.1, 0.15) is 5.71 Å². The van der Waals surface area contributed by atoms with Crippen molar-refractivity contribution in [2.75, 3.05) is 11.5 Å². The topological polar surface area (TPSA) is 59.7 Å². The van der Waals surface area contributed by atoms with Gasteiger partial charge in [0.25, 0.3) is 5.91 Å². The van der Waals surface area contributed by atoms with E-state index in [-0.39, 0.29) is 30.1 Å². The highest BCUT2D eigenvalue weighted by Crippen LogP contribution is 2.30. The molecule has 8 heteroatoms. The summed E-state index contributed by atoms with van der Waals surface area (Å²) >= 11 is 0. The second-order valence-corrected chi connectivity index (χ2v) is 7.30. The largest absolute Gasteiger partial charge is 0.385 e. The number of hydrogen-bond donors (Lipinski definition) is 0. The number of halogens is 2. The normalized spacial score (nSPS) is 16.8. The van der Waals surface area contributed by atoms with Crippen LogP contribution in [0.1, 0.15) is 38.2 Å². The van der Waals surface area contributed by atoms with E-state index in [0.717, 1.165) is 28.7 Å². The van der Waals surface area contributed by atoms with Gasteiger partial charge in [-0.3, -0.25) is 9.36 Å². The number of imidazole rings is 1. The lowest BCUT2D eigenvalue weighted by atomic mass is 9.96. The van der Waals surface area contributed by atoms with Crippen LogP contribution in [0, 0.1) is 0 Å². The molecule has 0 bridgehead atoms. The molecule has 6 nitrogen and oxygen atoms in total. The third-order valence-electron chi connectivity index (χ3n) is 5.30. The molecule has 156 valence electrons. The molecule has 30 heavy (non-hydrogen) atoms. The number of hydrogen-bond acceptors (Lipinski definition) is 4. The van der Waals surface area contributed by atoms with Gasteiger partial charge in [0.2, 0.25) is 0 Å². The summed E-state index contributed by atoms with van der Waals surface area (Å²) in [6.07, 6.45) is 1.78. The summed E-state index contributed by atoms with van der Waals surface area (Å²) in [7, 11) is 0. The molecule has 0 fully saturated rings. The average Bonchev–Trinajstić information content (AvgIpc) is 3.13. The molecule has 2 aromatic carbocycles. The minimum Gasteiger partial charge on any atom is -0.385 e. The second kappa shape index (κ2) is 8.22. The summed E-state index contributed by atoms with van der Waals surface area (Å²) in [6.45, 7) is 0.465. The first-order valence-corrected chi connectivity index (χ1v) is 9.79. The Labute approximate surface area is 172 Å². The molecular formula is C22H22F2N4O2. The number of carbonyl (C=O) groups is 1. The number of benzene rings is 2. The van der Waals surface area contributed by atoms with Crippen LogP contribution in [0.2, 0.25) is 0 Å². The van der Waals surface area contributed by atoms with Crippen molar-refractivity contribution < 1.29 is 18.4 Å². The highest BCUT2D eigenvalue weighted by molar-refractivity contribution is 5.99. The monoisotopic (exact) mass is 412 g/mol. The fraction of sp³-hybridized carbons (Fsp3) is 0.318. The number of carbonyl (C=O) groups excluding carboxylic acids is 1. The van der Waals surface area contributed by atoms with E-state index >= 15 is 0 Å². The van der Waals surface area contributed by atoms with Gasteiger partial charge < -0.3 is 9.74 Å². The second-order valence-electron chi connectivity index (χ2n) is 7.30. The number of anilines is 1. The van der Waals surface area contributed by atoms with Crippen LogP contribution >= 0.6 is 0 Å². The van der Waals surface area contributed by atoms with E-state index in [1.807, 2.05) is 31.2 Å². The summed E-state index contributed by atoms with van der Waals surface area (Å²) in [5, 5.41) is 3.90. The number of amides is 1. The van der Waals surface area contributed by atoms with Crippen LogP contribution in [0.3, 0.4) is 0 Å². The third-order valence-corrected chi connectivity index (χ3v) is 5.30. The standard InChI is InChI=1S/C22H22F2N4O2/c1-14-11-12-16-7-3-5-9-18(16)27(14)20(29)13-30-26-15(2)21-25-17-8-4-6-10-19(17)28(21)22(23)24/h3-10,14,22H,11-13H2,1-2H3/t14-/m0/s1. The third kappa shape index (κ3) is 3.65. The Morgan fingerprint density at radius 1 is 1.23 bits per heavy atom. The summed E-state index contributed by atoms with van der Waals surface area (Å²) < 4.78 is 28.0. The van der Waals surface area contributed by atoms with Gasteiger partial charge in [-0.1, -0.05) is 35.5 Å². The molecule has 0 spiro atoms. The summed E-state index contributed by atoms with van der Waals surface area (Å²) in [5.41, 5.74) is 2.93. The molecular weight excluding hydrogens is 390 g/mol. The fourth-order valence-corrected chi connectivity index (χ4v) is 3.86. The van der Waals surface area contributed by atoms with Crippen molar-refractivity contribution in [1.82, 2.24) is 9.55 Å². The van der Waals surface area contributed by atoms with Gasteiger partial charge in [0.15, 0.2) is 12.4 Å². The van der Waals surface area contributed by atoms with E-state index in [9.17, 15) is 13.6 Å². The number of para-hydroxylation sites is 3. The van der Waals surface area contributed by atoms with E-state index in [1.165, 1.54) is 6.92 Å². The zero-order valence-electron chi connectivity index (χ0n) is 16.8. The van der Waals surface area contributed by atoms with Gasteiger partial charge in [-0.15, -0.1) is 0 Å². The van der Waals surface area contributed by atoms with Crippen LogP contribution in [-0.4, -0.2) is 33.8 Å². The molecule has 0 N–H and O–H groups in total. The first-order valence-electron chi connectivity index (χ1n) is 9.79. The van der Waals surface area contributed by atoms with Gasteiger partial charge in [-0.25, -0.2) is 4.98 Å². The molecule has 1 aliphatic heterocycles. The maximum atomic E-state index is 13.6. The van der Waals surface area contributed by atoms with Gasteiger partial charge in [0.05, 0.1) is 11.0 Å². The first kappa shape index (κ1) is 20.0. The van der Waals surface area contributed by atoms with Gasteiger partial charge in [-0.2, -0.15) is 8.78 Å². The fourth-order valence-electron chi connectivity index (χ4n) is 3.86. The van der Waals surface area contributed by atoms with Crippen molar-refractivity contribution >= 4 is 28.3 Å². The Bertz CT molecular complexity index is 1110. The molecule has 0 saturated carbocycles. The van der Waals surface area contributed by atoms with Crippen molar-refractivity contribution in [3.05, 3.63) is 59.9 Å². The smallest absolute Gasteiger partial charge is 0.320 e. The zero-order chi connectivity index (χ0) is 21.3. The van der Waals surface area contributed by atoms with Crippen molar-refractivity contribution in [3.8, 4) is 0 Å². The number of rotatable bonds is 5. The lowest BCUT2D eigenvalue weighted by Gasteiger charge is -2.34. The van der Waals surface area contributed by atoms with Crippen LogP contribution < -0.4 is 4.90 Å². The number of alkyl halides is 2. The van der Waals surface area contributed by atoms with Crippen LogP contribution in [0.25, 0.3) is 11.0 Å². The Kier molecular flexibility index (Phi) is 5.48. The Morgan fingerprint density at radius 3 is 2.77 bits per heavy atom. The minimum absolute atomic E-state index is 0.00957. The van der Waals surface area contributed by atoms with Crippen LogP contribution in [0.5, 0.6) is 0 Å². The van der Waals surface area contributed by atoms with E-state index in [0.29, 0.717) is 11.0 Å². The summed E-state index contributed by atoms with van der Waals surface area (Å²) in [5.74, 6) is -0.219. The molecule has 1 amide bonds. The molecule has 0 saturated heterocycles. The maximum Gasteiger partial charge on any atom is 0.320 e. The lowest BCUT2D eigenvalue weighted by Crippen LogP contribution is -2.43. The highest BCUT2D eigenvalue weighted by atomic mass is 19.3. The predicted molar refractivity (Wildman–Crippen MR) is 111 cm³/mol. The number of fused-ring (bicyclic) bond motifs is 2. The van der Waals surface area contributed by atoms with Crippen molar-refractivity contribution in [1.29, 1.82) is 0 Å². The van der Waals surface area contributed by atoms with Crippen LogP contribution in [0.4, 0.5) is 14.5 Å². The van der Waals surface area contributed by atoms with Crippen LogP contribution in [0.15, 0.2) is 53.7 Å². The first-order chi connectivity index (χ1) is 14.5. The molecule has 1 atom stereocenters. The van der Waals surface area contributed by atoms with Gasteiger partial charge in [0, 0.05) is 11.7 Å². The number of aryl methyl sites for hydroxylation is 1. The van der Waals surface area contributed by atoms with E-state index in [1.54, 1.807) is 29.2 Å². The van der Waals surface area contributed by atoms with E-state index in [4.69, 9.17) is 4.84 Å². The highest BCUT2D eigenvalue weighted by Gasteiger charge is 2.28. The number of oxime groups is 1. The minimum atomic E-state index is -2.77. The van der Waals surface area contributed by atoms with Gasteiger partial charge in [-0.05, 0) is 50.5 Å². The molecule has 0 unspecified atom stereocenters. The molecule has 0 aliphatic carbocycles. The number of nitrogens with zero attached hydrogens (tertiary/aromatic N) is 4. The molecule has 0 radical (unpaired) electrons. The SMILES string of the molecule is CC(=NOCC(=O)N1c2ccccc2CC[C@@H]1C)c1nc2ccccc2n1C(F)F. The molecule has 1 aliphatic rings. The van der Waals surface area contributed by atoms with Crippen LogP contribution in [-0.2, 0) is 16.1 Å². The lowest BCUT2D eigenvalue weighted by molar-refractivity contribution is -0.123. The van der Waals surface area contributed by atoms with Crippen molar-refractivity contribution in [3.63, 3.8) is 0 Å². The van der Waals surface area contributed by atoms with E-state index in [2.05, 4.69) is 10.1 Å². The van der Waals surface area contributed by atoms with Gasteiger partial charge >= 0.3 is 6.55 Å². The molecule has 2 heterocycles. The molecule has 1 aromatic heterocycles. The van der Waals surface area contributed by atoms with Crippen molar-refractivity contribution in [2.45, 2.75) is 39.3 Å². The molecule has 4 rings (SSSR count). The Morgan fingerprint density at radius 2 is 1.97 bits per heavy atom. The maximum absolute atomic E-state index is 13.6. The van der Waals surface area contributed by atoms with E-state index < -0.39 is 6.55 Å². The quantitative estimate of drug-likeness (QED) is 0.457. The average molecular weight is 412 g/mol. The summed E-state index contributed by atoms with van der Waals surface area (Å²) in [4.78, 5) is 24.0. The van der Waals surface area contributed by atoms with Crippen molar-refractivity contribution in [2.24, 2.45) is 5.16 Å². The molecule has 3 aromatic rings. The number of aromatic nitrogens is 2. The predicted octanol–water partition coefficient (Wildman–Crippen LogP) is 4.54. The summed E-state index contributed by atoms with van der Waals surface area (Å²) in [6, 6.07) is 14.5. The Hall–Kier alpha value is -3.29. The Balaban J connectivity index is 1.52. The zero-order valence-corrected chi connectivity index (χ0v) is 16.8.